The number of hydrogen-bond acceptors (Lipinski definition) is 5. The normalized spacial score (nSPS) is 14.4. The first-order valence-electron chi connectivity index (χ1n) is 7.81. The highest BCUT2D eigenvalue weighted by Gasteiger charge is 2.14. The summed E-state index contributed by atoms with van der Waals surface area (Å²) in [5, 5.41) is 3.31. The molecule has 5 heteroatoms. The SMILES string of the molecule is CC(C)Oc1ccc(Nc2cc(N3CCCC3)ncn2)cc1. The summed E-state index contributed by atoms with van der Waals surface area (Å²) in [6.07, 6.45) is 4.28. The lowest BCUT2D eigenvalue weighted by Crippen LogP contribution is -2.19. The van der Waals surface area contributed by atoms with Crippen LogP contribution in [0.4, 0.5) is 17.3 Å². The molecule has 1 saturated heterocycles. The largest absolute Gasteiger partial charge is 0.491 e. The second-order valence-electron chi connectivity index (χ2n) is 5.77. The lowest BCUT2D eigenvalue weighted by Gasteiger charge is -2.16. The van der Waals surface area contributed by atoms with Gasteiger partial charge in [0.05, 0.1) is 6.10 Å². The van der Waals surface area contributed by atoms with Crippen LogP contribution in [0.25, 0.3) is 0 Å². The summed E-state index contributed by atoms with van der Waals surface area (Å²) in [4.78, 5) is 11.0. The zero-order valence-electron chi connectivity index (χ0n) is 13.1. The van der Waals surface area contributed by atoms with Gasteiger partial charge in [-0.25, -0.2) is 9.97 Å². The molecule has 0 bridgehead atoms. The summed E-state index contributed by atoms with van der Waals surface area (Å²) in [5.74, 6) is 2.69. The van der Waals surface area contributed by atoms with E-state index in [0.29, 0.717) is 0 Å². The third kappa shape index (κ3) is 3.67. The molecule has 116 valence electrons. The summed E-state index contributed by atoms with van der Waals surface area (Å²) < 4.78 is 5.65. The van der Waals surface area contributed by atoms with Crippen molar-refractivity contribution in [1.29, 1.82) is 0 Å². The Morgan fingerprint density at radius 3 is 2.50 bits per heavy atom. The molecule has 2 heterocycles. The number of ether oxygens (including phenoxy) is 1. The number of aromatic nitrogens is 2. The van der Waals surface area contributed by atoms with Crippen molar-refractivity contribution in [2.75, 3.05) is 23.3 Å². The van der Waals surface area contributed by atoms with Crippen LogP contribution in [-0.2, 0) is 0 Å². The average Bonchev–Trinajstić information content (AvgIpc) is 3.03. The van der Waals surface area contributed by atoms with Crippen molar-refractivity contribution >= 4 is 17.3 Å². The quantitative estimate of drug-likeness (QED) is 0.914. The fourth-order valence-corrected chi connectivity index (χ4v) is 2.57. The Morgan fingerprint density at radius 2 is 1.82 bits per heavy atom. The third-order valence-corrected chi connectivity index (χ3v) is 3.58. The van der Waals surface area contributed by atoms with E-state index in [1.807, 2.05) is 44.2 Å². The second-order valence-corrected chi connectivity index (χ2v) is 5.77. The molecule has 0 unspecified atom stereocenters. The van der Waals surface area contributed by atoms with Gasteiger partial charge in [-0.15, -0.1) is 0 Å². The third-order valence-electron chi connectivity index (χ3n) is 3.58. The molecule has 2 aromatic rings. The topological polar surface area (TPSA) is 50.3 Å². The van der Waals surface area contributed by atoms with Crippen LogP contribution in [-0.4, -0.2) is 29.2 Å². The maximum absolute atomic E-state index is 5.65. The molecular weight excluding hydrogens is 276 g/mol. The molecule has 0 amide bonds. The fourth-order valence-electron chi connectivity index (χ4n) is 2.57. The molecule has 1 aromatic heterocycles. The van der Waals surface area contributed by atoms with E-state index >= 15 is 0 Å². The fraction of sp³-hybridized carbons (Fsp3) is 0.412. The minimum absolute atomic E-state index is 0.184. The van der Waals surface area contributed by atoms with E-state index in [1.54, 1.807) is 6.33 Å². The Kier molecular flexibility index (Phi) is 4.42. The standard InChI is InChI=1S/C17H22N4O/c1-13(2)22-15-7-5-14(6-8-15)20-16-11-17(19-12-18-16)21-9-3-4-10-21/h5-8,11-13H,3-4,9-10H2,1-2H3,(H,18,19,20). The minimum Gasteiger partial charge on any atom is -0.491 e. The van der Waals surface area contributed by atoms with Gasteiger partial charge in [-0.3, -0.25) is 0 Å². The Balaban J connectivity index is 1.68. The van der Waals surface area contributed by atoms with Crippen LogP contribution < -0.4 is 15.0 Å². The first-order chi connectivity index (χ1) is 10.7. The van der Waals surface area contributed by atoms with Gasteiger partial charge in [-0.1, -0.05) is 0 Å². The van der Waals surface area contributed by atoms with Gasteiger partial charge in [-0.05, 0) is 51.0 Å². The summed E-state index contributed by atoms with van der Waals surface area (Å²) in [5.41, 5.74) is 0.988. The Morgan fingerprint density at radius 1 is 1.09 bits per heavy atom. The molecule has 5 nitrogen and oxygen atoms in total. The average molecular weight is 298 g/mol. The first kappa shape index (κ1) is 14.6. The first-order valence-corrected chi connectivity index (χ1v) is 7.81. The molecule has 1 fully saturated rings. The van der Waals surface area contributed by atoms with E-state index in [1.165, 1.54) is 12.8 Å². The van der Waals surface area contributed by atoms with Crippen LogP contribution in [0.3, 0.4) is 0 Å². The lowest BCUT2D eigenvalue weighted by molar-refractivity contribution is 0.242. The van der Waals surface area contributed by atoms with Crippen molar-refractivity contribution in [2.45, 2.75) is 32.8 Å². The van der Waals surface area contributed by atoms with E-state index in [9.17, 15) is 0 Å². The number of nitrogens with one attached hydrogen (secondary N) is 1. The van der Waals surface area contributed by atoms with Crippen molar-refractivity contribution in [3.63, 3.8) is 0 Å². The Labute approximate surface area is 131 Å². The van der Waals surface area contributed by atoms with E-state index in [0.717, 1.165) is 36.2 Å². The zero-order valence-corrected chi connectivity index (χ0v) is 13.1. The molecule has 1 aromatic carbocycles. The predicted octanol–water partition coefficient (Wildman–Crippen LogP) is 3.61. The van der Waals surface area contributed by atoms with E-state index in [2.05, 4.69) is 20.2 Å². The second kappa shape index (κ2) is 6.64. The maximum Gasteiger partial charge on any atom is 0.135 e. The van der Waals surface area contributed by atoms with Gasteiger partial charge in [0.15, 0.2) is 0 Å². The highest BCUT2D eigenvalue weighted by atomic mass is 16.5. The number of benzene rings is 1. The molecule has 1 aliphatic rings. The van der Waals surface area contributed by atoms with Crippen molar-refractivity contribution in [3.05, 3.63) is 36.7 Å². The van der Waals surface area contributed by atoms with Crippen LogP contribution in [0.2, 0.25) is 0 Å². The van der Waals surface area contributed by atoms with Gasteiger partial charge in [-0.2, -0.15) is 0 Å². The summed E-state index contributed by atoms with van der Waals surface area (Å²) in [6, 6.07) is 9.92. The Hall–Kier alpha value is -2.30. The molecule has 0 saturated carbocycles. The van der Waals surface area contributed by atoms with E-state index in [4.69, 9.17) is 4.74 Å². The smallest absolute Gasteiger partial charge is 0.135 e. The van der Waals surface area contributed by atoms with Crippen molar-refractivity contribution in [2.24, 2.45) is 0 Å². The van der Waals surface area contributed by atoms with Gasteiger partial charge in [0.25, 0.3) is 0 Å². The zero-order chi connectivity index (χ0) is 15.4. The molecule has 1 N–H and O–H groups in total. The van der Waals surface area contributed by atoms with Gasteiger partial charge in [0.2, 0.25) is 0 Å². The number of rotatable bonds is 5. The number of anilines is 3. The van der Waals surface area contributed by atoms with Crippen molar-refractivity contribution in [3.8, 4) is 5.75 Å². The van der Waals surface area contributed by atoms with E-state index < -0.39 is 0 Å². The summed E-state index contributed by atoms with van der Waals surface area (Å²) in [7, 11) is 0. The van der Waals surface area contributed by atoms with Gasteiger partial charge in [0.1, 0.15) is 23.7 Å². The molecule has 0 spiro atoms. The van der Waals surface area contributed by atoms with Crippen LogP contribution in [0, 0.1) is 0 Å². The molecule has 22 heavy (non-hydrogen) atoms. The minimum atomic E-state index is 0.184. The maximum atomic E-state index is 5.65. The Bertz CT molecular complexity index is 606. The van der Waals surface area contributed by atoms with Crippen LogP contribution in [0.1, 0.15) is 26.7 Å². The van der Waals surface area contributed by atoms with Gasteiger partial charge >= 0.3 is 0 Å². The van der Waals surface area contributed by atoms with Crippen molar-refractivity contribution in [1.82, 2.24) is 9.97 Å². The van der Waals surface area contributed by atoms with Crippen LogP contribution in [0.15, 0.2) is 36.7 Å². The highest BCUT2D eigenvalue weighted by Crippen LogP contribution is 2.23. The molecular formula is C17H22N4O. The summed E-state index contributed by atoms with van der Waals surface area (Å²) in [6.45, 7) is 6.20. The lowest BCUT2D eigenvalue weighted by atomic mass is 10.3. The molecule has 0 aliphatic carbocycles. The van der Waals surface area contributed by atoms with Crippen LogP contribution in [0.5, 0.6) is 5.75 Å². The van der Waals surface area contributed by atoms with Gasteiger partial charge < -0.3 is 15.0 Å². The molecule has 0 radical (unpaired) electrons. The number of hydrogen-bond donors (Lipinski definition) is 1. The molecule has 1 aliphatic heterocycles. The number of nitrogens with zero attached hydrogens (tertiary/aromatic N) is 3. The molecule has 3 rings (SSSR count). The van der Waals surface area contributed by atoms with Gasteiger partial charge in [0, 0.05) is 24.8 Å². The van der Waals surface area contributed by atoms with E-state index in [-0.39, 0.29) is 6.10 Å². The highest BCUT2D eigenvalue weighted by molar-refractivity contribution is 5.60. The molecule has 0 atom stereocenters. The van der Waals surface area contributed by atoms with Crippen LogP contribution >= 0.6 is 0 Å². The summed E-state index contributed by atoms with van der Waals surface area (Å²) >= 11 is 0. The monoisotopic (exact) mass is 298 g/mol. The van der Waals surface area contributed by atoms with Crippen molar-refractivity contribution < 1.29 is 4.74 Å². The predicted molar refractivity (Wildman–Crippen MR) is 89.0 cm³/mol.